The van der Waals surface area contributed by atoms with E-state index in [0.717, 1.165) is 0 Å². The Morgan fingerprint density at radius 2 is 2.13 bits per heavy atom. The predicted molar refractivity (Wildman–Crippen MR) is 104 cm³/mol. The van der Waals surface area contributed by atoms with Crippen molar-refractivity contribution in [1.82, 2.24) is 14.8 Å². The standard InChI is InChI=1S/C20H21FN4O5/c1-24-19(30)15-17(28)16(27)12(7-25(15)9-20(24)5-11(20)8-26)18(29)23-6-10-3-2-4-13(22)14(10)21/h2-4,7,11,26,28H,5-6,8-9,22H2,1H3,(H,23,29)/t11-,20-/m0/s1. The average molecular weight is 416 g/mol. The van der Waals surface area contributed by atoms with E-state index in [4.69, 9.17) is 5.73 Å². The van der Waals surface area contributed by atoms with E-state index in [9.17, 15) is 29.0 Å². The van der Waals surface area contributed by atoms with Crippen LogP contribution in [0.2, 0.25) is 0 Å². The fourth-order valence-corrected chi connectivity index (χ4v) is 4.14. The van der Waals surface area contributed by atoms with E-state index in [0.29, 0.717) is 6.42 Å². The summed E-state index contributed by atoms with van der Waals surface area (Å²) in [7, 11) is 1.56. The van der Waals surface area contributed by atoms with E-state index >= 15 is 0 Å². The molecule has 2 amide bonds. The van der Waals surface area contributed by atoms with Crippen LogP contribution in [0.4, 0.5) is 10.1 Å². The maximum Gasteiger partial charge on any atom is 0.274 e. The number of carbonyl (C=O) groups excluding carboxylic acids is 2. The number of anilines is 1. The molecule has 1 saturated carbocycles. The molecule has 5 N–H and O–H groups in total. The molecular weight excluding hydrogens is 395 g/mol. The summed E-state index contributed by atoms with van der Waals surface area (Å²) < 4.78 is 15.4. The SMILES string of the molecule is CN1C(=O)c2c(O)c(=O)c(C(=O)NCc3cccc(N)c3F)cn2C[C@]12C[C@H]2CO. The number of benzene rings is 1. The van der Waals surface area contributed by atoms with E-state index in [2.05, 4.69) is 5.32 Å². The monoisotopic (exact) mass is 416 g/mol. The molecule has 10 heteroatoms. The van der Waals surface area contributed by atoms with Gasteiger partial charge in [-0.25, -0.2) is 4.39 Å². The number of hydrogen-bond acceptors (Lipinski definition) is 6. The summed E-state index contributed by atoms with van der Waals surface area (Å²) in [6.07, 6.45) is 1.80. The van der Waals surface area contributed by atoms with Crippen LogP contribution in [-0.2, 0) is 13.1 Å². The van der Waals surface area contributed by atoms with Crippen molar-refractivity contribution < 1.29 is 24.2 Å². The molecule has 158 valence electrons. The van der Waals surface area contributed by atoms with Crippen molar-refractivity contribution in [2.24, 2.45) is 5.92 Å². The minimum atomic E-state index is -0.987. The number of likely N-dealkylation sites (N-methyl/N-ethyl adjacent to an activating group) is 1. The Hall–Kier alpha value is -3.40. The predicted octanol–water partition coefficient (Wildman–Crippen LogP) is 0.0418. The topological polar surface area (TPSA) is 138 Å². The Labute approximate surface area is 170 Å². The van der Waals surface area contributed by atoms with Gasteiger partial charge in [-0.05, 0) is 12.5 Å². The normalized spacial score (nSPS) is 22.2. The number of carbonyl (C=O) groups is 2. The van der Waals surface area contributed by atoms with Crippen molar-refractivity contribution in [3.05, 3.63) is 57.3 Å². The molecule has 2 heterocycles. The first kappa shape index (κ1) is 19.9. The van der Waals surface area contributed by atoms with Gasteiger partial charge in [-0.3, -0.25) is 14.4 Å². The number of aromatic hydroxyl groups is 1. The number of rotatable bonds is 4. The molecule has 0 saturated heterocycles. The molecule has 1 fully saturated rings. The first-order valence-corrected chi connectivity index (χ1v) is 9.37. The van der Waals surface area contributed by atoms with E-state index in [-0.39, 0.29) is 48.1 Å². The van der Waals surface area contributed by atoms with E-state index in [1.54, 1.807) is 7.05 Å². The minimum Gasteiger partial charge on any atom is -0.503 e. The minimum absolute atomic E-state index is 0.0657. The molecule has 1 aromatic carbocycles. The number of aliphatic hydroxyl groups excluding tert-OH is 1. The average Bonchev–Trinajstić information content (AvgIpc) is 3.43. The summed E-state index contributed by atoms with van der Waals surface area (Å²) in [5.74, 6) is -2.97. The number of halogens is 1. The van der Waals surface area contributed by atoms with Crippen LogP contribution in [0.5, 0.6) is 5.75 Å². The van der Waals surface area contributed by atoms with E-state index < -0.39 is 34.3 Å². The molecule has 1 spiro atoms. The first-order chi connectivity index (χ1) is 14.2. The molecule has 2 aliphatic rings. The molecule has 4 rings (SSSR count). The zero-order valence-electron chi connectivity index (χ0n) is 16.2. The number of nitrogen functional groups attached to an aromatic ring is 1. The van der Waals surface area contributed by atoms with Crippen molar-refractivity contribution >= 4 is 17.5 Å². The molecule has 0 bridgehead atoms. The molecule has 9 nitrogen and oxygen atoms in total. The fraction of sp³-hybridized carbons (Fsp3) is 0.350. The summed E-state index contributed by atoms with van der Waals surface area (Å²) in [4.78, 5) is 39.3. The number of nitrogens with two attached hydrogens (primary N) is 1. The highest BCUT2D eigenvalue weighted by Gasteiger charge is 2.61. The van der Waals surface area contributed by atoms with Gasteiger partial charge in [0.25, 0.3) is 11.8 Å². The summed E-state index contributed by atoms with van der Waals surface area (Å²) in [6.45, 7) is -0.0815. The zero-order valence-corrected chi connectivity index (χ0v) is 16.2. The Morgan fingerprint density at radius 3 is 2.80 bits per heavy atom. The van der Waals surface area contributed by atoms with Gasteiger partial charge >= 0.3 is 0 Å². The maximum absolute atomic E-state index is 14.0. The first-order valence-electron chi connectivity index (χ1n) is 9.37. The lowest BCUT2D eigenvalue weighted by atomic mass is 10.0. The van der Waals surface area contributed by atoms with E-state index in [1.807, 2.05) is 0 Å². The van der Waals surface area contributed by atoms with Gasteiger partial charge in [0, 0.05) is 44.4 Å². The number of pyridine rings is 1. The second kappa shape index (κ2) is 6.84. The Bertz CT molecular complexity index is 1130. The number of aliphatic hydroxyl groups is 1. The number of aromatic nitrogens is 1. The number of hydrogen-bond donors (Lipinski definition) is 4. The van der Waals surface area contributed by atoms with Crippen LogP contribution in [0.3, 0.4) is 0 Å². The van der Waals surface area contributed by atoms with Gasteiger partial charge in [-0.2, -0.15) is 0 Å². The highest BCUT2D eigenvalue weighted by molar-refractivity contribution is 5.99. The van der Waals surface area contributed by atoms with Crippen LogP contribution >= 0.6 is 0 Å². The summed E-state index contributed by atoms with van der Waals surface area (Å²) in [5.41, 5.74) is 3.42. The van der Waals surface area contributed by atoms with Gasteiger partial charge in [0.1, 0.15) is 5.56 Å². The van der Waals surface area contributed by atoms with Crippen molar-refractivity contribution in [3.63, 3.8) is 0 Å². The van der Waals surface area contributed by atoms with Crippen LogP contribution < -0.4 is 16.5 Å². The van der Waals surface area contributed by atoms with Crippen molar-refractivity contribution in [1.29, 1.82) is 0 Å². The van der Waals surface area contributed by atoms with Gasteiger partial charge in [-0.1, -0.05) is 12.1 Å². The number of fused-ring (bicyclic) bond motifs is 1. The summed E-state index contributed by atoms with van der Waals surface area (Å²) in [6, 6.07) is 4.37. The lowest BCUT2D eigenvalue weighted by Gasteiger charge is -2.36. The van der Waals surface area contributed by atoms with Gasteiger partial charge < -0.3 is 30.7 Å². The van der Waals surface area contributed by atoms with Gasteiger partial charge in [0.15, 0.2) is 17.3 Å². The third kappa shape index (κ3) is 2.83. The van der Waals surface area contributed by atoms with Crippen LogP contribution in [0.25, 0.3) is 0 Å². The van der Waals surface area contributed by atoms with Crippen LogP contribution in [0.1, 0.15) is 32.8 Å². The Kier molecular flexibility index (Phi) is 4.53. The molecule has 1 aliphatic heterocycles. The zero-order chi connectivity index (χ0) is 21.8. The Morgan fingerprint density at radius 1 is 1.40 bits per heavy atom. The molecular formula is C20H21FN4O5. The fourth-order valence-electron chi connectivity index (χ4n) is 4.14. The number of nitrogens with one attached hydrogen (secondary N) is 1. The number of nitrogens with zero attached hydrogens (tertiary/aromatic N) is 2. The molecule has 30 heavy (non-hydrogen) atoms. The summed E-state index contributed by atoms with van der Waals surface area (Å²) >= 11 is 0. The maximum atomic E-state index is 14.0. The van der Waals surface area contributed by atoms with Crippen LogP contribution in [0.15, 0.2) is 29.2 Å². The molecule has 0 radical (unpaired) electrons. The third-order valence-corrected chi connectivity index (χ3v) is 6.09. The van der Waals surface area contributed by atoms with Gasteiger partial charge in [0.2, 0.25) is 5.43 Å². The van der Waals surface area contributed by atoms with Crippen LogP contribution in [0, 0.1) is 11.7 Å². The van der Waals surface area contributed by atoms with Gasteiger partial charge in [0.05, 0.1) is 11.2 Å². The quantitative estimate of drug-likeness (QED) is 0.520. The second-order valence-electron chi connectivity index (χ2n) is 7.75. The largest absolute Gasteiger partial charge is 0.503 e. The Balaban J connectivity index is 1.65. The van der Waals surface area contributed by atoms with Crippen LogP contribution in [-0.4, -0.2) is 50.7 Å². The molecule has 1 aromatic heterocycles. The molecule has 0 unspecified atom stereocenters. The summed E-state index contributed by atoms with van der Waals surface area (Å²) in [5, 5.41) is 22.3. The third-order valence-electron chi connectivity index (χ3n) is 6.09. The van der Waals surface area contributed by atoms with Crippen molar-refractivity contribution in [2.45, 2.75) is 25.0 Å². The molecule has 1 aliphatic carbocycles. The molecule has 2 aromatic rings. The second-order valence-corrected chi connectivity index (χ2v) is 7.75. The van der Waals surface area contributed by atoms with Gasteiger partial charge in [-0.15, -0.1) is 0 Å². The smallest absolute Gasteiger partial charge is 0.274 e. The highest BCUT2D eigenvalue weighted by atomic mass is 19.1. The molecule has 2 atom stereocenters. The number of amides is 2. The lowest BCUT2D eigenvalue weighted by molar-refractivity contribution is 0.0569. The van der Waals surface area contributed by atoms with Crippen molar-refractivity contribution in [2.75, 3.05) is 19.4 Å². The van der Waals surface area contributed by atoms with Crippen molar-refractivity contribution in [3.8, 4) is 5.75 Å². The van der Waals surface area contributed by atoms with E-state index in [1.165, 1.54) is 33.9 Å². The highest BCUT2D eigenvalue weighted by Crippen LogP contribution is 2.51. The lowest BCUT2D eigenvalue weighted by Crippen LogP contribution is -2.50.